The molecule has 5 heteroatoms. The first kappa shape index (κ1) is 12.5. The van der Waals surface area contributed by atoms with E-state index in [2.05, 4.69) is 0 Å². The van der Waals surface area contributed by atoms with E-state index in [0.717, 1.165) is 5.75 Å². The third-order valence-electron chi connectivity index (χ3n) is 2.43. The van der Waals surface area contributed by atoms with Crippen LogP contribution in [-0.4, -0.2) is 11.2 Å². The fourth-order valence-corrected chi connectivity index (χ4v) is 1.68. The molecule has 2 N–H and O–H groups in total. The van der Waals surface area contributed by atoms with Crippen LogP contribution in [0.25, 0.3) is 0 Å². The molecule has 4 nitrogen and oxygen atoms in total. The highest BCUT2D eigenvalue weighted by atomic mass is 35.5. The zero-order valence-electron chi connectivity index (χ0n) is 9.67. The minimum absolute atomic E-state index is 0.0969. The molecule has 0 aliphatic heterocycles. The largest absolute Gasteiger partial charge is 0.492 e. The molecule has 0 spiro atoms. The first-order valence-electron chi connectivity index (χ1n) is 5.49. The highest BCUT2D eigenvalue weighted by Crippen LogP contribution is 2.13. The van der Waals surface area contributed by atoms with Crippen LogP contribution in [0.4, 0.5) is 5.69 Å². The molecule has 0 aliphatic carbocycles. The summed E-state index contributed by atoms with van der Waals surface area (Å²) in [6.07, 6.45) is 1.59. The number of anilines is 1. The van der Waals surface area contributed by atoms with E-state index in [-0.39, 0.29) is 5.56 Å². The lowest BCUT2D eigenvalue weighted by Gasteiger charge is -2.08. The monoisotopic (exact) mass is 264 g/mol. The van der Waals surface area contributed by atoms with Crippen LogP contribution in [0.1, 0.15) is 0 Å². The van der Waals surface area contributed by atoms with E-state index < -0.39 is 0 Å². The topological polar surface area (TPSA) is 57.2 Å². The van der Waals surface area contributed by atoms with Gasteiger partial charge in [0.05, 0.1) is 11.6 Å². The summed E-state index contributed by atoms with van der Waals surface area (Å²) in [6.45, 7) is 0.841. The van der Waals surface area contributed by atoms with Crippen LogP contribution in [0.3, 0.4) is 0 Å². The number of nitrogen functional groups attached to an aromatic ring is 1. The SMILES string of the molecule is Nc1ccc(OCCn2cc(Cl)ccc2=O)cc1. The third kappa shape index (κ3) is 3.28. The zero-order valence-corrected chi connectivity index (χ0v) is 10.4. The molecule has 0 saturated heterocycles. The van der Waals surface area contributed by atoms with Crippen LogP contribution in [0, 0.1) is 0 Å². The molecule has 2 aromatic rings. The van der Waals surface area contributed by atoms with Gasteiger partial charge in [-0.25, -0.2) is 0 Å². The Morgan fingerprint density at radius 2 is 1.89 bits per heavy atom. The Hall–Kier alpha value is -1.94. The van der Waals surface area contributed by atoms with Crippen LogP contribution in [0.5, 0.6) is 5.75 Å². The second-order valence-corrected chi connectivity index (χ2v) is 4.23. The van der Waals surface area contributed by atoms with Crippen molar-refractivity contribution in [3.63, 3.8) is 0 Å². The van der Waals surface area contributed by atoms with E-state index in [1.54, 1.807) is 36.5 Å². The quantitative estimate of drug-likeness (QED) is 0.861. The van der Waals surface area contributed by atoms with Crippen molar-refractivity contribution in [1.29, 1.82) is 0 Å². The molecule has 2 rings (SSSR count). The Bertz CT molecular complexity index is 578. The smallest absolute Gasteiger partial charge is 0.250 e. The van der Waals surface area contributed by atoms with Crippen LogP contribution in [0.2, 0.25) is 5.02 Å². The fourth-order valence-electron chi connectivity index (χ4n) is 1.50. The predicted octanol–water partition coefficient (Wildman–Crippen LogP) is 2.16. The summed E-state index contributed by atoms with van der Waals surface area (Å²) in [5, 5.41) is 0.530. The molecule has 0 atom stereocenters. The molecule has 0 amide bonds. The lowest BCUT2D eigenvalue weighted by atomic mass is 10.3. The van der Waals surface area contributed by atoms with E-state index in [4.69, 9.17) is 22.1 Å². The van der Waals surface area contributed by atoms with Crippen molar-refractivity contribution in [3.05, 3.63) is 58.0 Å². The van der Waals surface area contributed by atoms with Crippen molar-refractivity contribution in [2.75, 3.05) is 12.3 Å². The Labute approximate surface area is 110 Å². The van der Waals surface area contributed by atoms with Gasteiger partial charge in [-0.3, -0.25) is 4.79 Å². The highest BCUT2D eigenvalue weighted by Gasteiger charge is 1.98. The first-order valence-corrected chi connectivity index (χ1v) is 5.87. The summed E-state index contributed by atoms with van der Waals surface area (Å²) in [4.78, 5) is 11.5. The maximum Gasteiger partial charge on any atom is 0.250 e. The molecule has 1 aromatic heterocycles. The van der Waals surface area contributed by atoms with Crippen molar-refractivity contribution in [1.82, 2.24) is 4.57 Å². The fraction of sp³-hybridized carbons (Fsp3) is 0.154. The second kappa shape index (κ2) is 5.60. The van der Waals surface area contributed by atoms with Gasteiger partial charge in [0.15, 0.2) is 0 Å². The normalized spacial score (nSPS) is 10.3. The standard InChI is InChI=1S/C13H13ClN2O2/c14-10-1-6-13(17)16(9-10)7-8-18-12-4-2-11(15)3-5-12/h1-6,9H,7-8,15H2. The predicted molar refractivity (Wildman–Crippen MR) is 72.1 cm³/mol. The van der Waals surface area contributed by atoms with Gasteiger partial charge in [-0.05, 0) is 30.3 Å². The second-order valence-electron chi connectivity index (χ2n) is 3.80. The van der Waals surface area contributed by atoms with Crippen LogP contribution >= 0.6 is 11.6 Å². The van der Waals surface area contributed by atoms with E-state index in [1.165, 1.54) is 10.6 Å². The van der Waals surface area contributed by atoms with E-state index in [1.807, 2.05) is 0 Å². The van der Waals surface area contributed by atoms with Crippen LogP contribution in [-0.2, 0) is 6.54 Å². The van der Waals surface area contributed by atoms with Gasteiger partial charge in [0.2, 0.25) is 0 Å². The average molecular weight is 265 g/mol. The molecule has 18 heavy (non-hydrogen) atoms. The summed E-state index contributed by atoms with van der Waals surface area (Å²) in [7, 11) is 0. The molecule has 1 heterocycles. The Morgan fingerprint density at radius 1 is 1.17 bits per heavy atom. The van der Waals surface area contributed by atoms with Gasteiger partial charge in [-0.2, -0.15) is 0 Å². The van der Waals surface area contributed by atoms with Crippen molar-refractivity contribution in [2.45, 2.75) is 6.54 Å². The zero-order chi connectivity index (χ0) is 13.0. The summed E-state index contributed by atoms with van der Waals surface area (Å²) in [6, 6.07) is 10.1. The number of pyridine rings is 1. The van der Waals surface area contributed by atoms with Gasteiger partial charge >= 0.3 is 0 Å². The number of hydrogen-bond donors (Lipinski definition) is 1. The van der Waals surface area contributed by atoms with Crippen molar-refractivity contribution < 1.29 is 4.74 Å². The third-order valence-corrected chi connectivity index (χ3v) is 2.65. The minimum atomic E-state index is -0.0969. The van der Waals surface area contributed by atoms with Crippen molar-refractivity contribution in [3.8, 4) is 5.75 Å². The molecule has 0 aliphatic rings. The van der Waals surface area contributed by atoms with E-state index >= 15 is 0 Å². The lowest BCUT2D eigenvalue weighted by Crippen LogP contribution is -2.21. The Balaban J connectivity index is 1.94. The number of halogens is 1. The van der Waals surface area contributed by atoms with Gasteiger partial charge in [0.1, 0.15) is 12.4 Å². The molecular formula is C13H13ClN2O2. The van der Waals surface area contributed by atoms with Gasteiger partial charge < -0.3 is 15.0 Å². The molecule has 0 bridgehead atoms. The molecule has 0 saturated carbocycles. The van der Waals surface area contributed by atoms with Gasteiger partial charge in [0.25, 0.3) is 5.56 Å². The van der Waals surface area contributed by atoms with Crippen LogP contribution < -0.4 is 16.0 Å². The number of rotatable bonds is 4. The van der Waals surface area contributed by atoms with Gasteiger partial charge in [-0.15, -0.1) is 0 Å². The summed E-state index contributed by atoms with van der Waals surface area (Å²) < 4.78 is 7.01. The summed E-state index contributed by atoms with van der Waals surface area (Å²) in [5.41, 5.74) is 6.16. The Morgan fingerprint density at radius 3 is 2.61 bits per heavy atom. The minimum Gasteiger partial charge on any atom is -0.492 e. The summed E-state index contributed by atoms with van der Waals surface area (Å²) >= 11 is 5.82. The van der Waals surface area contributed by atoms with E-state index in [9.17, 15) is 4.79 Å². The first-order chi connectivity index (χ1) is 8.65. The number of nitrogens with zero attached hydrogens (tertiary/aromatic N) is 1. The molecule has 0 fully saturated rings. The van der Waals surface area contributed by atoms with E-state index in [0.29, 0.717) is 23.9 Å². The molecular weight excluding hydrogens is 252 g/mol. The van der Waals surface area contributed by atoms with Crippen molar-refractivity contribution in [2.24, 2.45) is 0 Å². The number of ether oxygens (including phenoxy) is 1. The Kier molecular flexibility index (Phi) is 3.89. The number of benzene rings is 1. The lowest BCUT2D eigenvalue weighted by molar-refractivity contribution is 0.296. The molecule has 1 aromatic carbocycles. The van der Waals surface area contributed by atoms with Gasteiger partial charge in [0, 0.05) is 18.0 Å². The number of nitrogens with two attached hydrogens (primary N) is 1. The highest BCUT2D eigenvalue weighted by molar-refractivity contribution is 6.30. The molecule has 0 radical (unpaired) electrons. The number of hydrogen-bond acceptors (Lipinski definition) is 3. The maximum absolute atomic E-state index is 11.5. The summed E-state index contributed by atoms with van der Waals surface area (Å²) in [5.74, 6) is 0.722. The maximum atomic E-state index is 11.5. The van der Waals surface area contributed by atoms with Crippen molar-refractivity contribution >= 4 is 17.3 Å². The average Bonchev–Trinajstić information content (AvgIpc) is 2.36. The van der Waals surface area contributed by atoms with Crippen LogP contribution in [0.15, 0.2) is 47.4 Å². The van der Waals surface area contributed by atoms with Gasteiger partial charge in [-0.1, -0.05) is 11.6 Å². The number of aromatic nitrogens is 1. The molecule has 0 unspecified atom stereocenters. The molecule has 94 valence electrons.